The zero-order chi connectivity index (χ0) is 18.7. The zero-order valence-electron chi connectivity index (χ0n) is 14.9. The molecule has 1 fully saturated rings. The van der Waals surface area contributed by atoms with Crippen LogP contribution in [0.2, 0.25) is 0 Å². The smallest absolute Gasteiger partial charge is 0.227 e. The van der Waals surface area contributed by atoms with E-state index in [0.29, 0.717) is 17.4 Å². The third-order valence-electron chi connectivity index (χ3n) is 4.28. The molecule has 5 nitrogen and oxygen atoms in total. The minimum absolute atomic E-state index is 0.0290. The molecular formula is C19H23NO4S2. The number of furan rings is 1. The molecule has 7 heteroatoms. The quantitative estimate of drug-likeness (QED) is 0.676. The Labute approximate surface area is 158 Å². The molecule has 1 amide bonds. The van der Waals surface area contributed by atoms with E-state index in [9.17, 15) is 13.2 Å². The van der Waals surface area contributed by atoms with Gasteiger partial charge >= 0.3 is 0 Å². The fraction of sp³-hybridized carbons (Fsp3) is 0.421. The van der Waals surface area contributed by atoms with Gasteiger partial charge in [-0.05, 0) is 29.8 Å². The highest BCUT2D eigenvalue weighted by Gasteiger charge is 2.39. The molecule has 140 valence electrons. The van der Waals surface area contributed by atoms with Gasteiger partial charge in [-0.15, -0.1) is 11.8 Å². The molecule has 1 aliphatic rings. The maximum atomic E-state index is 12.4. The Balaban J connectivity index is 1.50. The van der Waals surface area contributed by atoms with E-state index in [-0.39, 0.29) is 24.7 Å². The van der Waals surface area contributed by atoms with Crippen molar-refractivity contribution in [1.82, 2.24) is 4.90 Å². The van der Waals surface area contributed by atoms with Crippen LogP contribution >= 0.6 is 11.8 Å². The van der Waals surface area contributed by atoms with Crippen molar-refractivity contribution in [1.29, 1.82) is 0 Å². The topological polar surface area (TPSA) is 67.6 Å². The molecule has 2 aromatic rings. The summed E-state index contributed by atoms with van der Waals surface area (Å²) >= 11 is 1.78. The molecule has 26 heavy (non-hydrogen) atoms. The number of nitrogens with zero attached hydrogens (tertiary/aromatic N) is 1. The number of thioether (sulfide) groups is 1. The fourth-order valence-corrected chi connectivity index (χ4v) is 5.27. The number of amides is 1. The van der Waals surface area contributed by atoms with Gasteiger partial charge < -0.3 is 9.32 Å². The molecule has 0 radical (unpaired) electrons. The van der Waals surface area contributed by atoms with E-state index in [1.54, 1.807) is 28.8 Å². The van der Waals surface area contributed by atoms with Crippen LogP contribution in [0.3, 0.4) is 0 Å². The summed E-state index contributed by atoms with van der Waals surface area (Å²) in [6.07, 6.45) is 1.77. The molecule has 0 N–H and O–H groups in total. The highest BCUT2D eigenvalue weighted by Crippen LogP contribution is 2.24. The second-order valence-electron chi connectivity index (χ2n) is 6.79. The minimum atomic E-state index is -3.29. The maximum Gasteiger partial charge on any atom is 0.227 e. The summed E-state index contributed by atoms with van der Waals surface area (Å²) in [4.78, 5) is 15.2. The summed E-state index contributed by atoms with van der Waals surface area (Å²) in [6, 6.07) is 11.3. The summed E-state index contributed by atoms with van der Waals surface area (Å²) in [7, 11) is -3.29. The largest absolute Gasteiger partial charge is 0.468 e. The number of rotatable bonds is 7. The molecule has 0 unspecified atom stereocenters. The molecule has 1 aliphatic heterocycles. The number of likely N-dealkylation sites (tertiary alicyclic amines) is 1. The normalized spacial score (nSPS) is 15.3. The van der Waals surface area contributed by atoms with Crippen LogP contribution in [0, 0.1) is 0 Å². The Hall–Kier alpha value is -1.73. The van der Waals surface area contributed by atoms with Crippen LogP contribution in [0.1, 0.15) is 25.2 Å². The summed E-state index contributed by atoms with van der Waals surface area (Å²) in [6.45, 7) is 4.82. The van der Waals surface area contributed by atoms with Gasteiger partial charge in [-0.25, -0.2) is 8.42 Å². The summed E-state index contributed by atoms with van der Waals surface area (Å²) in [5.74, 6) is 0.301. The summed E-state index contributed by atoms with van der Waals surface area (Å²) in [5, 5.41) is 0.0185. The van der Waals surface area contributed by atoms with Gasteiger partial charge in [-0.3, -0.25) is 4.79 Å². The maximum absolute atomic E-state index is 12.4. The van der Waals surface area contributed by atoms with Gasteiger partial charge in [0, 0.05) is 23.2 Å². The lowest BCUT2D eigenvalue weighted by molar-refractivity contribution is -0.133. The van der Waals surface area contributed by atoms with Crippen molar-refractivity contribution in [3.63, 3.8) is 0 Å². The molecular weight excluding hydrogens is 370 g/mol. The average Bonchev–Trinajstić information content (AvgIpc) is 2.99. The van der Waals surface area contributed by atoms with Crippen molar-refractivity contribution in [3.8, 4) is 0 Å². The molecule has 3 rings (SSSR count). The SMILES string of the molecule is CC(C)Sc1ccc(CC(=O)N2CC(S(=O)(=O)Cc3ccco3)C2)cc1. The third-order valence-corrected chi connectivity index (χ3v) is 7.30. The molecule has 1 saturated heterocycles. The van der Waals surface area contributed by atoms with E-state index in [0.717, 1.165) is 5.56 Å². The lowest BCUT2D eigenvalue weighted by atomic mass is 10.1. The van der Waals surface area contributed by atoms with E-state index < -0.39 is 15.1 Å². The number of benzene rings is 1. The Morgan fingerprint density at radius 3 is 2.50 bits per heavy atom. The third kappa shape index (κ3) is 4.71. The number of hydrogen-bond acceptors (Lipinski definition) is 5. The monoisotopic (exact) mass is 393 g/mol. The molecule has 1 aromatic heterocycles. The molecule has 0 spiro atoms. The van der Waals surface area contributed by atoms with E-state index >= 15 is 0 Å². The lowest BCUT2D eigenvalue weighted by Gasteiger charge is -2.38. The van der Waals surface area contributed by atoms with E-state index in [4.69, 9.17) is 4.42 Å². The standard InChI is InChI=1S/C19H23NO4S2/c1-14(2)25-17-7-5-15(6-8-17)10-19(21)20-11-18(12-20)26(22,23)13-16-4-3-9-24-16/h3-9,14,18H,10-13H2,1-2H3. The van der Waals surface area contributed by atoms with Crippen LogP contribution in [0.15, 0.2) is 52.0 Å². The van der Waals surface area contributed by atoms with Gasteiger partial charge in [0.25, 0.3) is 0 Å². The predicted molar refractivity (Wildman–Crippen MR) is 103 cm³/mol. The number of carbonyl (C=O) groups excluding carboxylic acids is 1. The molecule has 0 aliphatic carbocycles. The second-order valence-corrected chi connectivity index (χ2v) is 10.7. The van der Waals surface area contributed by atoms with Gasteiger partial charge in [0.1, 0.15) is 11.5 Å². The average molecular weight is 394 g/mol. The van der Waals surface area contributed by atoms with Crippen molar-refractivity contribution in [2.24, 2.45) is 0 Å². The number of hydrogen-bond donors (Lipinski definition) is 0. The van der Waals surface area contributed by atoms with Crippen LogP contribution in [-0.4, -0.2) is 42.8 Å². The first-order valence-corrected chi connectivity index (χ1v) is 11.2. The number of sulfone groups is 1. The molecule has 0 atom stereocenters. The van der Waals surface area contributed by atoms with E-state index in [1.807, 2.05) is 24.3 Å². The first-order valence-electron chi connectivity index (χ1n) is 8.61. The molecule has 0 bridgehead atoms. The highest BCUT2D eigenvalue weighted by molar-refractivity contribution is 7.99. The van der Waals surface area contributed by atoms with Gasteiger partial charge in [0.2, 0.25) is 5.91 Å². The second kappa shape index (κ2) is 7.88. The van der Waals surface area contributed by atoms with Crippen LogP contribution < -0.4 is 0 Å². The highest BCUT2D eigenvalue weighted by atomic mass is 32.2. The van der Waals surface area contributed by atoms with Gasteiger partial charge in [-0.2, -0.15) is 0 Å². The molecule has 2 heterocycles. The summed E-state index contributed by atoms with van der Waals surface area (Å²) < 4.78 is 29.8. The Bertz CT molecular complexity index is 836. The van der Waals surface area contributed by atoms with Crippen LogP contribution in [-0.2, 0) is 26.8 Å². The predicted octanol–water partition coefficient (Wildman–Crippen LogP) is 3.15. The van der Waals surface area contributed by atoms with Crippen molar-refractivity contribution in [2.75, 3.05) is 13.1 Å². The molecule has 1 aromatic carbocycles. The van der Waals surface area contributed by atoms with Gasteiger partial charge in [-0.1, -0.05) is 26.0 Å². The van der Waals surface area contributed by atoms with Gasteiger partial charge in [0.15, 0.2) is 9.84 Å². The Kier molecular flexibility index (Phi) is 5.77. The van der Waals surface area contributed by atoms with Gasteiger partial charge in [0.05, 0.1) is 17.9 Å². The first kappa shape index (κ1) is 19.0. The Morgan fingerprint density at radius 2 is 1.92 bits per heavy atom. The van der Waals surface area contributed by atoms with Crippen LogP contribution in [0.5, 0.6) is 0 Å². The van der Waals surface area contributed by atoms with Crippen molar-refractivity contribution in [3.05, 3.63) is 54.0 Å². The molecule has 0 saturated carbocycles. The Morgan fingerprint density at radius 1 is 1.23 bits per heavy atom. The van der Waals surface area contributed by atoms with Crippen molar-refractivity contribution >= 4 is 27.5 Å². The summed E-state index contributed by atoms with van der Waals surface area (Å²) in [5.41, 5.74) is 0.949. The lowest BCUT2D eigenvalue weighted by Crippen LogP contribution is -2.57. The fourth-order valence-electron chi connectivity index (χ4n) is 2.82. The van der Waals surface area contributed by atoms with Crippen molar-refractivity contribution < 1.29 is 17.6 Å². The first-order chi connectivity index (χ1) is 12.3. The van der Waals surface area contributed by atoms with Crippen molar-refractivity contribution in [2.45, 2.75) is 41.4 Å². The van der Waals surface area contributed by atoms with E-state index in [2.05, 4.69) is 13.8 Å². The number of carbonyl (C=O) groups is 1. The minimum Gasteiger partial charge on any atom is -0.468 e. The van der Waals surface area contributed by atoms with Crippen LogP contribution in [0.25, 0.3) is 0 Å². The van der Waals surface area contributed by atoms with Crippen LogP contribution in [0.4, 0.5) is 0 Å². The van der Waals surface area contributed by atoms with E-state index in [1.165, 1.54) is 11.2 Å². The zero-order valence-corrected chi connectivity index (χ0v) is 16.6.